The minimum atomic E-state index is -1.87. The van der Waals surface area contributed by atoms with Gasteiger partial charge in [-0.05, 0) is 60.7 Å². The molecule has 5 aliphatic rings. The van der Waals surface area contributed by atoms with Crippen molar-refractivity contribution in [3.05, 3.63) is 65.7 Å². The van der Waals surface area contributed by atoms with Crippen LogP contribution in [0.3, 0.4) is 0 Å². The highest BCUT2D eigenvalue weighted by Gasteiger charge is 2.76. The summed E-state index contributed by atoms with van der Waals surface area (Å²) in [4.78, 5) is 56.7. The largest absolute Gasteiger partial charge is 0.491 e. The standard InChI is InChI=1S/C33H32BrCl2N3O7/c34-18-38-30(43)32(35)17-25-23(27(33(32,36)31(38)44)19-1-7-22(8-2-19)46-16-13-40)9-10-24-26(25)29(42)39(28(24)41)21-5-3-20(4-6-21)37-11-14-45-15-12-37/h1-9,24-27,40H,10-18H2/t24-,25+,26-,27-,32+,33-/m0/s1. The lowest BCUT2D eigenvalue weighted by molar-refractivity contribution is -0.138. The first-order valence-electron chi connectivity index (χ1n) is 15.3. The first kappa shape index (κ1) is 31.6. The molecule has 10 nitrogen and oxygen atoms in total. The Morgan fingerprint density at radius 2 is 1.59 bits per heavy atom. The van der Waals surface area contributed by atoms with Gasteiger partial charge in [-0.1, -0.05) is 39.7 Å². The molecule has 3 aliphatic heterocycles. The number of nitrogens with zero attached hydrogens (tertiary/aromatic N) is 3. The van der Waals surface area contributed by atoms with Crippen LogP contribution in [0.5, 0.6) is 5.75 Å². The van der Waals surface area contributed by atoms with E-state index in [-0.39, 0.29) is 43.3 Å². The maximum Gasteiger partial charge on any atom is 0.254 e. The number of ether oxygens (including phenoxy) is 2. The minimum Gasteiger partial charge on any atom is -0.491 e. The van der Waals surface area contributed by atoms with Gasteiger partial charge in [-0.15, -0.1) is 23.2 Å². The zero-order chi connectivity index (χ0) is 32.4. The van der Waals surface area contributed by atoms with Crippen LogP contribution in [0, 0.1) is 17.8 Å². The van der Waals surface area contributed by atoms with Gasteiger partial charge >= 0.3 is 0 Å². The van der Waals surface area contributed by atoms with Gasteiger partial charge in [0.05, 0.1) is 42.8 Å². The quantitative estimate of drug-likeness (QED) is 0.198. The van der Waals surface area contributed by atoms with Crippen molar-refractivity contribution in [2.24, 2.45) is 17.8 Å². The molecule has 3 heterocycles. The minimum absolute atomic E-state index is 0.0733. The van der Waals surface area contributed by atoms with Crippen molar-refractivity contribution in [3.8, 4) is 5.75 Å². The van der Waals surface area contributed by atoms with E-state index in [1.54, 1.807) is 36.4 Å². The third-order valence-corrected chi connectivity index (χ3v) is 12.0. The number of benzene rings is 2. The van der Waals surface area contributed by atoms with E-state index in [1.165, 1.54) is 4.90 Å². The second kappa shape index (κ2) is 11.9. The van der Waals surface area contributed by atoms with E-state index in [2.05, 4.69) is 20.8 Å². The third-order valence-electron chi connectivity index (χ3n) is 10.1. The lowest BCUT2D eigenvalue weighted by Crippen LogP contribution is -2.60. The maximum atomic E-state index is 14.3. The number of morpholine rings is 1. The van der Waals surface area contributed by atoms with Gasteiger partial charge < -0.3 is 19.5 Å². The number of allylic oxidation sites excluding steroid dienone is 2. The van der Waals surface area contributed by atoms with Gasteiger partial charge in [-0.3, -0.25) is 29.0 Å². The number of hydrogen-bond donors (Lipinski definition) is 1. The molecular weight excluding hydrogens is 701 g/mol. The number of likely N-dealkylation sites (tertiary alicyclic amines) is 1. The van der Waals surface area contributed by atoms with Crippen molar-refractivity contribution < 1.29 is 33.8 Å². The molecular formula is C33H32BrCl2N3O7. The number of amides is 4. The number of carbonyl (C=O) groups is 4. The number of alkyl halides is 3. The van der Waals surface area contributed by atoms with Gasteiger partial charge in [-0.25, -0.2) is 0 Å². The predicted octanol–water partition coefficient (Wildman–Crippen LogP) is 3.81. The number of carbonyl (C=O) groups excluding carboxylic acids is 4. The van der Waals surface area contributed by atoms with Crippen LogP contribution in [0.2, 0.25) is 0 Å². The number of hydrogen-bond acceptors (Lipinski definition) is 8. The molecule has 0 radical (unpaired) electrons. The summed E-state index contributed by atoms with van der Waals surface area (Å²) >= 11 is 17.8. The van der Waals surface area contributed by atoms with E-state index in [1.807, 2.05) is 18.2 Å². The van der Waals surface area contributed by atoms with Gasteiger partial charge in [0, 0.05) is 24.7 Å². The second-order valence-electron chi connectivity index (χ2n) is 12.3. The highest BCUT2D eigenvalue weighted by Crippen LogP contribution is 2.65. The second-order valence-corrected chi connectivity index (χ2v) is 14.0. The first-order valence-corrected chi connectivity index (χ1v) is 17.2. The summed E-state index contributed by atoms with van der Waals surface area (Å²) in [6.07, 6.45) is 2.12. The Morgan fingerprint density at radius 1 is 0.913 bits per heavy atom. The number of halogens is 3. The molecule has 4 amide bonds. The summed E-state index contributed by atoms with van der Waals surface area (Å²) in [6, 6.07) is 14.3. The molecule has 1 saturated carbocycles. The van der Waals surface area contributed by atoms with Crippen LogP contribution >= 0.6 is 39.1 Å². The molecule has 7 rings (SSSR count). The summed E-state index contributed by atoms with van der Waals surface area (Å²) in [5, 5.41) is 9.15. The van der Waals surface area contributed by atoms with Crippen LogP contribution in [-0.4, -0.2) is 88.4 Å². The van der Waals surface area contributed by atoms with Crippen molar-refractivity contribution >= 4 is 74.1 Å². The maximum absolute atomic E-state index is 14.3. The smallest absolute Gasteiger partial charge is 0.254 e. The van der Waals surface area contributed by atoms with E-state index >= 15 is 0 Å². The van der Waals surface area contributed by atoms with E-state index in [4.69, 9.17) is 37.8 Å². The number of imide groups is 2. The molecule has 4 fully saturated rings. The fourth-order valence-electron chi connectivity index (χ4n) is 7.94. The highest BCUT2D eigenvalue weighted by atomic mass is 79.9. The topological polar surface area (TPSA) is 117 Å². The molecule has 0 unspecified atom stereocenters. The number of rotatable bonds is 7. The molecule has 2 aliphatic carbocycles. The van der Waals surface area contributed by atoms with Crippen LogP contribution in [-0.2, 0) is 23.9 Å². The zero-order valence-corrected chi connectivity index (χ0v) is 27.8. The number of anilines is 2. The molecule has 0 aromatic heterocycles. The molecule has 2 aromatic rings. The first-order chi connectivity index (χ1) is 22.2. The van der Waals surface area contributed by atoms with Crippen LogP contribution in [0.1, 0.15) is 24.3 Å². The van der Waals surface area contributed by atoms with Gasteiger partial charge in [0.1, 0.15) is 12.4 Å². The third kappa shape index (κ3) is 4.57. The van der Waals surface area contributed by atoms with Crippen molar-refractivity contribution in [1.82, 2.24) is 4.90 Å². The van der Waals surface area contributed by atoms with Gasteiger partial charge in [0.15, 0.2) is 9.75 Å². The fourth-order valence-corrected chi connectivity index (χ4v) is 9.36. The monoisotopic (exact) mass is 731 g/mol. The highest BCUT2D eigenvalue weighted by molar-refractivity contribution is 9.09. The van der Waals surface area contributed by atoms with Crippen LogP contribution in [0.25, 0.3) is 0 Å². The summed E-state index contributed by atoms with van der Waals surface area (Å²) in [5.41, 5.74) is 2.73. The van der Waals surface area contributed by atoms with Crippen molar-refractivity contribution in [2.75, 3.05) is 54.8 Å². The number of aliphatic hydroxyl groups is 1. The number of fused-ring (bicyclic) bond motifs is 4. The van der Waals surface area contributed by atoms with E-state index in [0.717, 1.165) is 29.2 Å². The Kier molecular flexibility index (Phi) is 8.20. The molecule has 0 bridgehead atoms. The SMILES string of the molecule is O=C1[C@H]2[C@H](CC=C3[C@H]2C[C@@]2(Cl)C(=O)N(CBr)C(=O)[C@@]2(Cl)[C@H]3c2ccc(OCCO)cc2)C(=O)N1c1ccc(N2CCOCC2)cc1. The van der Waals surface area contributed by atoms with E-state index in [0.29, 0.717) is 30.2 Å². The molecule has 1 N–H and O–H groups in total. The van der Waals surface area contributed by atoms with Crippen LogP contribution in [0.4, 0.5) is 11.4 Å². The van der Waals surface area contributed by atoms with Crippen LogP contribution in [0.15, 0.2) is 60.2 Å². The summed E-state index contributed by atoms with van der Waals surface area (Å²) in [5.74, 6) is -4.28. The van der Waals surface area contributed by atoms with Crippen molar-refractivity contribution in [1.29, 1.82) is 0 Å². The van der Waals surface area contributed by atoms with Gasteiger partial charge in [0.25, 0.3) is 11.8 Å². The Morgan fingerprint density at radius 3 is 2.24 bits per heavy atom. The normalized spacial score (nSPS) is 32.3. The Bertz CT molecular complexity index is 1620. The van der Waals surface area contributed by atoms with E-state index < -0.39 is 45.2 Å². The molecule has 242 valence electrons. The predicted molar refractivity (Wildman–Crippen MR) is 174 cm³/mol. The summed E-state index contributed by atoms with van der Waals surface area (Å²) < 4.78 is 11.0. The number of aliphatic hydroxyl groups excluding tert-OH is 1. The molecule has 3 saturated heterocycles. The van der Waals surface area contributed by atoms with E-state index in [9.17, 15) is 19.2 Å². The Labute approximate surface area is 284 Å². The zero-order valence-electron chi connectivity index (χ0n) is 24.7. The van der Waals surface area contributed by atoms with Gasteiger partial charge in [0.2, 0.25) is 11.8 Å². The lowest BCUT2D eigenvalue weighted by Gasteiger charge is -2.50. The average Bonchev–Trinajstić information content (AvgIpc) is 3.42. The molecule has 46 heavy (non-hydrogen) atoms. The molecule has 0 spiro atoms. The Hall–Kier alpha value is -2.96. The fraction of sp³-hybridized carbons (Fsp3) is 0.455. The molecule has 13 heteroatoms. The van der Waals surface area contributed by atoms with Crippen LogP contribution < -0.4 is 14.5 Å². The van der Waals surface area contributed by atoms with Crippen molar-refractivity contribution in [2.45, 2.75) is 28.5 Å². The Balaban J connectivity index is 1.26. The lowest BCUT2D eigenvalue weighted by atomic mass is 9.56. The molecule has 2 aromatic carbocycles. The summed E-state index contributed by atoms with van der Waals surface area (Å²) in [6.45, 7) is 2.76. The summed E-state index contributed by atoms with van der Waals surface area (Å²) in [7, 11) is 0. The molecule has 6 atom stereocenters. The van der Waals surface area contributed by atoms with Gasteiger partial charge in [-0.2, -0.15) is 0 Å². The van der Waals surface area contributed by atoms with Crippen molar-refractivity contribution in [3.63, 3.8) is 0 Å². The average molecular weight is 733 g/mol.